The molecule has 0 heterocycles. The molecule has 0 aromatic heterocycles. The van der Waals surface area contributed by atoms with Crippen molar-refractivity contribution >= 4 is 21.4 Å². The fourth-order valence-corrected chi connectivity index (χ4v) is 2.77. The minimum atomic E-state index is -3.01. The lowest BCUT2D eigenvalue weighted by Gasteiger charge is -2.14. The summed E-state index contributed by atoms with van der Waals surface area (Å²) >= 11 is 5.93. The topological polar surface area (TPSA) is 66.4 Å². The third kappa shape index (κ3) is 4.93. The highest BCUT2D eigenvalue weighted by Gasteiger charge is 2.12. The summed E-state index contributed by atoms with van der Waals surface area (Å²) in [5.41, 5.74) is 0.578. The van der Waals surface area contributed by atoms with Crippen LogP contribution in [0.5, 0.6) is 5.75 Å². The van der Waals surface area contributed by atoms with Crippen LogP contribution in [0.2, 0.25) is 5.02 Å². The Hall–Kier alpha value is -0.780. The molecule has 0 radical (unpaired) electrons. The lowest BCUT2D eigenvalue weighted by atomic mass is 10.2. The predicted molar refractivity (Wildman–Crippen MR) is 69.1 cm³/mol. The van der Waals surface area contributed by atoms with Crippen LogP contribution in [-0.2, 0) is 16.4 Å². The normalized spacial score (nSPS) is 13.6. The molecular weight excluding hydrogens is 262 g/mol. The molecule has 0 aliphatic rings. The van der Waals surface area contributed by atoms with Crippen molar-refractivity contribution in [1.29, 1.82) is 0 Å². The van der Waals surface area contributed by atoms with E-state index in [2.05, 4.69) is 5.32 Å². The maximum absolute atomic E-state index is 11.1. The minimum Gasteiger partial charge on any atom is -0.508 e. The van der Waals surface area contributed by atoms with Crippen LogP contribution < -0.4 is 5.32 Å². The van der Waals surface area contributed by atoms with Gasteiger partial charge in [0.05, 0.1) is 5.75 Å². The number of sulfone groups is 1. The number of nitrogens with one attached hydrogen (secondary N) is 1. The van der Waals surface area contributed by atoms with Crippen LogP contribution in [0.25, 0.3) is 0 Å². The first-order valence-corrected chi connectivity index (χ1v) is 7.61. The van der Waals surface area contributed by atoms with Gasteiger partial charge in [-0.1, -0.05) is 17.7 Å². The van der Waals surface area contributed by atoms with Gasteiger partial charge < -0.3 is 10.4 Å². The molecule has 1 atom stereocenters. The van der Waals surface area contributed by atoms with Crippen molar-refractivity contribution in [3.8, 4) is 5.75 Å². The monoisotopic (exact) mass is 277 g/mol. The number of phenols is 1. The van der Waals surface area contributed by atoms with E-state index in [4.69, 9.17) is 11.6 Å². The summed E-state index contributed by atoms with van der Waals surface area (Å²) in [5.74, 6) is 0.162. The fourth-order valence-electron chi connectivity index (χ4n) is 1.51. The number of benzene rings is 1. The zero-order valence-corrected chi connectivity index (χ0v) is 11.3. The van der Waals surface area contributed by atoms with Crippen LogP contribution in [0.4, 0.5) is 0 Å². The second kappa shape index (κ2) is 5.71. The minimum absolute atomic E-state index is 0.0538. The second-order valence-electron chi connectivity index (χ2n) is 4.11. The molecule has 96 valence electrons. The number of hydrogen-bond acceptors (Lipinski definition) is 4. The number of halogens is 1. The fraction of sp³-hybridized carbons (Fsp3) is 0.455. The summed E-state index contributed by atoms with van der Waals surface area (Å²) in [6, 6.07) is 4.69. The van der Waals surface area contributed by atoms with Gasteiger partial charge >= 0.3 is 0 Å². The average Bonchev–Trinajstić information content (AvgIpc) is 2.14. The van der Waals surface area contributed by atoms with Gasteiger partial charge in [0, 0.05) is 29.4 Å². The van der Waals surface area contributed by atoms with Crippen LogP contribution in [-0.4, -0.2) is 31.6 Å². The largest absolute Gasteiger partial charge is 0.508 e. The lowest BCUT2D eigenvalue weighted by molar-refractivity contribution is 0.461. The molecule has 1 unspecified atom stereocenters. The molecule has 2 N–H and O–H groups in total. The Bertz CT molecular complexity index is 467. The number of phenolic OH excluding ortho intramolecular Hbond substituents is 1. The molecule has 0 saturated carbocycles. The first kappa shape index (κ1) is 14.3. The molecule has 0 bridgehead atoms. The standard InChI is InChI=1S/C11H16ClNO3S/c1-8(7-17(2,15)16)13-6-9-10(12)4-3-5-11(9)14/h3-5,8,13-14H,6-7H2,1-2H3. The van der Waals surface area contributed by atoms with E-state index in [-0.39, 0.29) is 17.5 Å². The van der Waals surface area contributed by atoms with E-state index >= 15 is 0 Å². The zero-order chi connectivity index (χ0) is 13.1. The van der Waals surface area contributed by atoms with Gasteiger partial charge in [-0.15, -0.1) is 0 Å². The van der Waals surface area contributed by atoms with E-state index in [1.807, 2.05) is 0 Å². The summed E-state index contributed by atoms with van der Waals surface area (Å²) in [5, 5.41) is 13.1. The molecule has 0 spiro atoms. The summed E-state index contributed by atoms with van der Waals surface area (Å²) in [6.07, 6.45) is 1.19. The predicted octanol–water partition coefficient (Wildman–Crippen LogP) is 1.57. The van der Waals surface area contributed by atoms with E-state index in [1.165, 1.54) is 6.26 Å². The van der Waals surface area contributed by atoms with Crippen molar-refractivity contribution in [2.75, 3.05) is 12.0 Å². The molecule has 0 fully saturated rings. The highest BCUT2D eigenvalue weighted by molar-refractivity contribution is 7.90. The first-order chi connectivity index (χ1) is 7.79. The Balaban J connectivity index is 2.62. The molecular formula is C11H16ClNO3S. The van der Waals surface area contributed by atoms with Gasteiger partial charge in [-0.2, -0.15) is 0 Å². The Morgan fingerprint density at radius 3 is 2.65 bits per heavy atom. The van der Waals surface area contributed by atoms with Crippen LogP contribution >= 0.6 is 11.6 Å². The van der Waals surface area contributed by atoms with Gasteiger partial charge in [0.2, 0.25) is 0 Å². The molecule has 17 heavy (non-hydrogen) atoms. The van der Waals surface area contributed by atoms with E-state index in [9.17, 15) is 13.5 Å². The smallest absolute Gasteiger partial charge is 0.148 e. The molecule has 1 aromatic rings. The van der Waals surface area contributed by atoms with Crippen LogP contribution in [0.3, 0.4) is 0 Å². The maximum Gasteiger partial charge on any atom is 0.148 e. The summed E-state index contributed by atoms with van der Waals surface area (Å²) in [4.78, 5) is 0. The van der Waals surface area contributed by atoms with Gasteiger partial charge in [0.15, 0.2) is 0 Å². The molecule has 4 nitrogen and oxygen atoms in total. The third-order valence-electron chi connectivity index (χ3n) is 2.27. The lowest BCUT2D eigenvalue weighted by Crippen LogP contribution is -2.32. The molecule has 0 aliphatic carbocycles. The average molecular weight is 278 g/mol. The van der Waals surface area contributed by atoms with Crippen LogP contribution in [0, 0.1) is 0 Å². The summed E-state index contributed by atoms with van der Waals surface area (Å²) < 4.78 is 22.1. The van der Waals surface area contributed by atoms with Crippen molar-refractivity contribution < 1.29 is 13.5 Å². The van der Waals surface area contributed by atoms with E-state index in [0.29, 0.717) is 17.1 Å². The molecule has 0 amide bonds. The third-order valence-corrected chi connectivity index (χ3v) is 3.73. The van der Waals surface area contributed by atoms with Gasteiger partial charge in [-0.05, 0) is 19.1 Å². The van der Waals surface area contributed by atoms with Crippen LogP contribution in [0.15, 0.2) is 18.2 Å². The highest BCUT2D eigenvalue weighted by Crippen LogP contribution is 2.24. The van der Waals surface area contributed by atoms with E-state index in [0.717, 1.165) is 0 Å². The number of aromatic hydroxyl groups is 1. The van der Waals surface area contributed by atoms with Crippen molar-refractivity contribution in [3.63, 3.8) is 0 Å². The van der Waals surface area contributed by atoms with Crippen molar-refractivity contribution in [3.05, 3.63) is 28.8 Å². The Morgan fingerprint density at radius 2 is 2.12 bits per heavy atom. The van der Waals surface area contributed by atoms with E-state index in [1.54, 1.807) is 25.1 Å². The van der Waals surface area contributed by atoms with Gasteiger partial charge in [-0.3, -0.25) is 0 Å². The second-order valence-corrected chi connectivity index (χ2v) is 6.70. The van der Waals surface area contributed by atoms with Gasteiger partial charge in [0.1, 0.15) is 15.6 Å². The quantitative estimate of drug-likeness (QED) is 0.857. The van der Waals surface area contributed by atoms with Gasteiger partial charge in [-0.25, -0.2) is 8.42 Å². The zero-order valence-electron chi connectivity index (χ0n) is 9.77. The number of hydrogen-bond donors (Lipinski definition) is 2. The Kier molecular flexibility index (Phi) is 4.80. The summed E-state index contributed by atoms with van der Waals surface area (Å²) in [6.45, 7) is 2.11. The Morgan fingerprint density at radius 1 is 1.47 bits per heavy atom. The maximum atomic E-state index is 11.1. The SMILES string of the molecule is CC(CS(C)(=O)=O)NCc1c(O)cccc1Cl. The first-order valence-electron chi connectivity index (χ1n) is 5.17. The Labute approximate surface area is 107 Å². The van der Waals surface area contributed by atoms with Crippen LogP contribution in [0.1, 0.15) is 12.5 Å². The van der Waals surface area contributed by atoms with E-state index < -0.39 is 9.84 Å². The van der Waals surface area contributed by atoms with Gasteiger partial charge in [0.25, 0.3) is 0 Å². The molecule has 0 aliphatic heterocycles. The van der Waals surface area contributed by atoms with Crippen molar-refractivity contribution in [2.45, 2.75) is 19.5 Å². The molecule has 6 heteroatoms. The highest BCUT2D eigenvalue weighted by atomic mass is 35.5. The van der Waals surface area contributed by atoms with Crippen molar-refractivity contribution in [2.24, 2.45) is 0 Å². The molecule has 0 saturated heterocycles. The number of rotatable bonds is 5. The summed E-state index contributed by atoms with van der Waals surface area (Å²) in [7, 11) is -3.01. The van der Waals surface area contributed by atoms with Crippen molar-refractivity contribution in [1.82, 2.24) is 5.32 Å². The molecule has 1 aromatic carbocycles. The molecule has 1 rings (SSSR count).